The number of nitrogens with one attached hydrogen (secondary N) is 1. The number of ether oxygens (including phenoxy) is 1. The summed E-state index contributed by atoms with van der Waals surface area (Å²) in [4.78, 5) is 50.3. The minimum Gasteiger partial charge on any atom is -0.388 e. The molecule has 0 bridgehead atoms. The molecule has 3 rings (SSSR count). The highest BCUT2D eigenvalue weighted by atomic mass is 19.1. The van der Waals surface area contributed by atoms with E-state index >= 15 is 0 Å². The summed E-state index contributed by atoms with van der Waals surface area (Å²) in [6.07, 6.45) is 2.18. The number of hydrogen-bond acceptors (Lipinski definition) is 7. The molecule has 2 saturated heterocycles. The van der Waals surface area contributed by atoms with Crippen molar-refractivity contribution in [3.8, 4) is 0 Å². The number of amides is 2. The molecule has 172 valence electrons. The van der Waals surface area contributed by atoms with E-state index in [1.165, 1.54) is 0 Å². The van der Waals surface area contributed by atoms with Crippen LogP contribution in [0.25, 0.3) is 0 Å². The second-order valence-corrected chi connectivity index (χ2v) is 8.62. The number of nitrogens with two attached hydrogens (primary N) is 2. The molecule has 0 radical (unpaired) electrons. The van der Waals surface area contributed by atoms with Crippen LogP contribution in [0.4, 0.5) is 4.39 Å². The van der Waals surface area contributed by atoms with Gasteiger partial charge in [0.05, 0.1) is 36.1 Å². The fourth-order valence-corrected chi connectivity index (χ4v) is 4.39. The fourth-order valence-electron chi connectivity index (χ4n) is 4.39. The van der Waals surface area contributed by atoms with Crippen LogP contribution in [0.2, 0.25) is 0 Å². The summed E-state index contributed by atoms with van der Waals surface area (Å²) in [5, 5.41) is 11.1. The number of halogens is 1. The molecule has 31 heavy (non-hydrogen) atoms. The Hall–Kier alpha value is -2.57. The summed E-state index contributed by atoms with van der Waals surface area (Å²) in [5.74, 6) is -1.92. The Morgan fingerprint density at radius 2 is 2.03 bits per heavy atom. The van der Waals surface area contributed by atoms with Gasteiger partial charge in [-0.15, -0.1) is 0 Å². The molecular formula is C19H28FN5O6. The summed E-state index contributed by atoms with van der Waals surface area (Å²) in [6, 6.07) is -1.75. The lowest BCUT2D eigenvalue weighted by Gasteiger charge is -2.51. The molecule has 0 saturated carbocycles. The van der Waals surface area contributed by atoms with Crippen LogP contribution in [0.1, 0.15) is 45.1 Å². The molecule has 2 aliphatic heterocycles. The normalized spacial score (nSPS) is 26.6. The lowest BCUT2D eigenvalue weighted by molar-refractivity contribution is -0.198. The molecule has 3 atom stereocenters. The smallest absolute Gasteiger partial charge is 0.328 e. The third-order valence-electron chi connectivity index (χ3n) is 6.27. The maximum Gasteiger partial charge on any atom is 0.328 e. The third kappa shape index (κ3) is 4.86. The summed E-state index contributed by atoms with van der Waals surface area (Å²) in [6.45, 7) is 2.29. The summed E-state index contributed by atoms with van der Waals surface area (Å²) in [7, 11) is 0. The summed E-state index contributed by atoms with van der Waals surface area (Å²) < 4.78 is 20.7. The quantitative estimate of drug-likeness (QED) is 0.423. The Balaban J connectivity index is 1.64. The predicted octanol–water partition coefficient (Wildman–Crippen LogP) is -1.66. The molecular weight excluding hydrogens is 413 g/mol. The number of H-pyrrole nitrogens is 1. The number of aliphatic hydroxyl groups is 1. The van der Waals surface area contributed by atoms with Gasteiger partial charge in [-0.2, -0.15) is 4.39 Å². The molecule has 1 aromatic heterocycles. The van der Waals surface area contributed by atoms with Crippen molar-refractivity contribution < 1.29 is 23.8 Å². The lowest BCUT2D eigenvalue weighted by Crippen LogP contribution is -2.59. The molecule has 1 aromatic rings. The Bertz CT molecular complexity index is 965. The minimum absolute atomic E-state index is 0.0558. The van der Waals surface area contributed by atoms with E-state index in [0.29, 0.717) is 25.9 Å². The largest absolute Gasteiger partial charge is 0.388 e. The Morgan fingerprint density at radius 1 is 1.39 bits per heavy atom. The lowest BCUT2D eigenvalue weighted by atomic mass is 9.75. The van der Waals surface area contributed by atoms with E-state index in [2.05, 4.69) is 0 Å². The molecule has 2 aliphatic rings. The minimum atomic E-state index is -1.41. The van der Waals surface area contributed by atoms with Gasteiger partial charge in [0, 0.05) is 25.9 Å². The van der Waals surface area contributed by atoms with Gasteiger partial charge in [-0.05, 0) is 26.2 Å². The number of carbonyl (C=O) groups is 2. The van der Waals surface area contributed by atoms with Crippen molar-refractivity contribution in [2.24, 2.45) is 11.5 Å². The van der Waals surface area contributed by atoms with Gasteiger partial charge in [0.25, 0.3) is 5.56 Å². The highest BCUT2D eigenvalue weighted by Crippen LogP contribution is 2.43. The zero-order valence-corrected chi connectivity index (χ0v) is 17.3. The van der Waals surface area contributed by atoms with Gasteiger partial charge in [0.1, 0.15) is 0 Å². The maximum absolute atomic E-state index is 13.7. The topological polar surface area (TPSA) is 174 Å². The van der Waals surface area contributed by atoms with Gasteiger partial charge < -0.3 is 26.2 Å². The molecule has 1 spiro atoms. The van der Waals surface area contributed by atoms with E-state index < -0.39 is 46.3 Å². The van der Waals surface area contributed by atoms with Gasteiger partial charge in [-0.3, -0.25) is 23.9 Å². The molecule has 2 fully saturated rings. The third-order valence-corrected chi connectivity index (χ3v) is 6.27. The molecule has 11 nitrogen and oxygen atoms in total. The van der Waals surface area contributed by atoms with Crippen molar-refractivity contribution in [1.29, 1.82) is 0 Å². The number of primary amides is 1. The summed E-state index contributed by atoms with van der Waals surface area (Å²) in [5.41, 5.74) is 6.62. The highest BCUT2D eigenvalue weighted by Gasteiger charge is 2.50. The molecule has 12 heteroatoms. The van der Waals surface area contributed by atoms with E-state index in [-0.39, 0.29) is 31.8 Å². The van der Waals surface area contributed by atoms with E-state index in [1.54, 1.807) is 11.8 Å². The van der Waals surface area contributed by atoms with Gasteiger partial charge >= 0.3 is 5.69 Å². The van der Waals surface area contributed by atoms with E-state index in [0.717, 1.165) is 10.8 Å². The van der Waals surface area contributed by atoms with E-state index in [9.17, 15) is 28.7 Å². The second kappa shape index (κ2) is 8.52. The van der Waals surface area contributed by atoms with Crippen LogP contribution < -0.4 is 22.7 Å². The highest BCUT2D eigenvalue weighted by molar-refractivity contribution is 5.81. The zero-order valence-electron chi connectivity index (χ0n) is 17.3. The van der Waals surface area contributed by atoms with Crippen molar-refractivity contribution in [3.63, 3.8) is 0 Å². The Labute approximate surface area is 177 Å². The molecule has 3 heterocycles. The van der Waals surface area contributed by atoms with Crippen molar-refractivity contribution in [2.75, 3.05) is 19.7 Å². The first-order chi connectivity index (χ1) is 14.4. The van der Waals surface area contributed by atoms with Crippen LogP contribution in [0.15, 0.2) is 15.8 Å². The van der Waals surface area contributed by atoms with Gasteiger partial charge in [-0.25, -0.2) is 4.79 Å². The number of aromatic nitrogens is 2. The number of rotatable bonds is 5. The van der Waals surface area contributed by atoms with Crippen LogP contribution in [0, 0.1) is 5.82 Å². The van der Waals surface area contributed by atoms with Crippen LogP contribution in [-0.2, 0) is 14.3 Å². The molecule has 2 amide bonds. The number of piperidine rings is 1. The first-order valence-electron chi connectivity index (χ1n) is 10.1. The van der Waals surface area contributed by atoms with Crippen LogP contribution >= 0.6 is 0 Å². The maximum atomic E-state index is 13.7. The molecule has 0 aliphatic carbocycles. The number of hydrogen-bond donors (Lipinski definition) is 4. The molecule has 0 unspecified atom stereocenters. The fraction of sp³-hybridized carbons (Fsp3) is 0.684. The van der Waals surface area contributed by atoms with Gasteiger partial charge in [0.15, 0.2) is 0 Å². The van der Waals surface area contributed by atoms with Crippen molar-refractivity contribution in [2.45, 2.75) is 62.3 Å². The number of nitrogens with zero attached hydrogens (tertiary/aromatic N) is 2. The number of likely N-dealkylation sites (tertiary alicyclic amines) is 1. The predicted molar refractivity (Wildman–Crippen MR) is 106 cm³/mol. The van der Waals surface area contributed by atoms with Gasteiger partial charge in [-0.1, -0.05) is 0 Å². The van der Waals surface area contributed by atoms with Crippen LogP contribution in [0.3, 0.4) is 0 Å². The first-order valence-corrected chi connectivity index (χ1v) is 10.1. The van der Waals surface area contributed by atoms with E-state index in [1.807, 2.05) is 4.98 Å². The second-order valence-electron chi connectivity index (χ2n) is 8.62. The van der Waals surface area contributed by atoms with E-state index in [4.69, 9.17) is 16.2 Å². The van der Waals surface area contributed by atoms with Crippen molar-refractivity contribution in [3.05, 3.63) is 32.9 Å². The molecule has 6 N–H and O–H groups in total. The van der Waals surface area contributed by atoms with Crippen molar-refractivity contribution >= 4 is 11.8 Å². The monoisotopic (exact) mass is 441 g/mol. The van der Waals surface area contributed by atoms with Crippen molar-refractivity contribution in [1.82, 2.24) is 14.5 Å². The average molecular weight is 441 g/mol. The molecule has 0 aromatic carbocycles. The van der Waals surface area contributed by atoms with Gasteiger partial charge in [0.2, 0.25) is 17.6 Å². The standard InChI is InChI=1S/C19H28FN5O6/c1-18(30)10-19(31-9-13(18)25-8-11(20)16(28)23-17(25)29)4-6-24(7-5-19)14(26)3-2-12(21)15(22)27/h8,12-13,30H,2-7,9-10,21H2,1H3,(H2,22,27)(H,23,28,29)/t12-,13-,18-/m0/s1. The zero-order chi connectivity index (χ0) is 23.0. The Kier molecular flexibility index (Phi) is 6.35. The van der Waals surface area contributed by atoms with Crippen LogP contribution in [-0.4, -0.2) is 68.3 Å². The number of carbonyl (C=O) groups excluding carboxylic acids is 2. The first kappa shape index (κ1) is 23.1. The summed E-state index contributed by atoms with van der Waals surface area (Å²) >= 11 is 0. The SMILES string of the molecule is C[C@]1(O)CC2(CCN(C(=O)CC[C@H](N)C(N)=O)CC2)OC[C@@H]1n1cc(F)c(=O)[nH]c1=O. The Morgan fingerprint density at radius 3 is 2.61 bits per heavy atom. The van der Waals surface area contributed by atoms with Crippen LogP contribution in [0.5, 0.6) is 0 Å². The number of aromatic amines is 1. The average Bonchev–Trinajstić information content (AvgIpc) is 2.69.